The third-order valence-electron chi connectivity index (χ3n) is 3.30. The van der Waals surface area contributed by atoms with E-state index in [9.17, 15) is 9.18 Å². The number of carbonyl (C=O) groups is 1. The summed E-state index contributed by atoms with van der Waals surface area (Å²) in [6, 6.07) is 4.69. The molecule has 1 saturated heterocycles. The van der Waals surface area contributed by atoms with E-state index in [-0.39, 0.29) is 12.5 Å². The Morgan fingerprint density at radius 2 is 2.15 bits per heavy atom. The lowest BCUT2D eigenvalue weighted by molar-refractivity contribution is -0.118. The first-order valence-corrected chi connectivity index (χ1v) is 6.92. The van der Waals surface area contributed by atoms with Gasteiger partial charge in [0.25, 0.3) is 0 Å². The molecule has 2 rings (SSSR count). The van der Waals surface area contributed by atoms with Crippen LogP contribution in [0.2, 0.25) is 0 Å². The molecule has 0 bridgehead atoms. The fraction of sp³-hybridized carbons (Fsp3) is 0.438. The number of halogens is 1. The lowest BCUT2D eigenvalue weighted by atomic mass is 10.1. The molecule has 20 heavy (non-hydrogen) atoms. The molecule has 0 spiro atoms. The highest BCUT2D eigenvalue weighted by atomic mass is 19.1. The third-order valence-corrected chi connectivity index (χ3v) is 3.30. The number of amides is 1. The molecule has 0 aromatic heterocycles. The molecule has 0 radical (unpaired) electrons. The summed E-state index contributed by atoms with van der Waals surface area (Å²) in [7, 11) is 0. The second-order valence-electron chi connectivity index (χ2n) is 4.80. The van der Waals surface area contributed by atoms with Crippen molar-refractivity contribution in [2.45, 2.75) is 32.1 Å². The molecular weight excluding hydrogens is 257 g/mol. The van der Waals surface area contributed by atoms with Crippen LogP contribution in [0.1, 0.15) is 37.7 Å². The Morgan fingerprint density at radius 3 is 2.90 bits per heavy atom. The van der Waals surface area contributed by atoms with Gasteiger partial charge in [-0.3, -0.25) is 4.79 Å². The molecule has 1 aromatic rings. The summed E-state index contributed by atoms with van der Waals surface area (Å²) in [6.07, 6.45) is 3.74. The molecule has 3 nitrogen and oxygen atoms in total. The van der Waals surface area contributed by atoms with E-state index in [1.807, 2.05) is 0 Å². The summed E-state index contributed by atoms with van der Waals surface area (Å²) in [5.74, 6) is 5.00. The maximum Gasteiger partial charge on any atom is 0.226 e. The zero-order valence-electron chi connectivity index (χ0n) is 11.4. The van der Waals surface area contributed by atoms with E-state index in [1.54, 1.807) is 17.0 Å². The van der Waals surface area contributed by atoms with E-state index < -0.39 is 5.82 Å². The third kappa shape index (κ3) is 3.58. The standard InChI is InChI=1S/C16H18FNO2/c17-15-12-14(9-8-13(15)6-3-5-11-19)18-10-4-1-2-7-16(18)20/h8-9,12,19H,1-2,4-5,7,10-11H2. The van der Waals surface area contributed by atoms with Gasteiger partial charge < -0.3 is 10.0 Å². The second-order valence-corrected chi connectivity index (χ2v) is 4.80. The number of rotatable bonds is 2. The monoisotopic (exact) mass is 275 g/mol. The topological polar surface area (TPSA) is 40.5 Å². The normalized spacial score (nSPS) is 15.5. The van der Waals surface area contributed by atoms with E-state index in [1.165, 1.54) is 6.07 Å². The number of anilines is 1. The largest absolute Gasteiger partial charge is 0.395 e. The van der Waals surface area contributed by atoms with Crippen LogP contribution in [0.5, 0.6) is 0 Å². The SMILES string of the molecule is O=C1CCCCCN1c1ccc(C#CCCO)c(F)c1. The van der Waals surface area contributed by atoms with Crippen LogP contribution in [-0.2, 0) is 4.79 Å². The average Bonchev–Trinajstić information content (AvgIpc) is 2.65. The lowest BCUT2D eigenvalue weighted by Crippen LogP contribution is -2.30. The summed E-state index contributed by atoms with van der Waals surface area (Å²) < 4.78 is 14.0. The summed E-state index contributed by atoms with van der Waals surface area (Å²) in [6.45, 7) is 0.614. The van der Waals surface area contributed by atoms with Gasteiger partial charge in [0.1, 0.15) is 5.82 Å². The molecule has 0 saturated carbocycles. The molecule has 1 N–H and O–H groups in total. The first kappa shape index (κ1) is 14.5. The molecule has 1 heterocycles. The Morgan fingerprint density at radius 1 is 1.30 bits per heavy atom. The van der Waals surface area contributed by atoms with Crippen LogP contribution < -0.4 is 4.90 Å². The van der Waals surface area contributed by atoms with Crippen LogP contribution in [0.4, 0.5) is 10.1 Å². The molecule has 1 aromatic carbocycles. The second kappa shape index (κ2) is 7.06. The quantitative estimate of drug-likeness (QED) is 0.842. The molecule has 0 unspecified atom stereocenters. The van der Waals surface area contributed by atoms with Gasteiger partial charge in [-0.05, 0) is 31.0 Å². The Hall–Kier alpha value is -1.86. The van der Waals surface area contributed by atoms with E-state index in [4.69, 9.17) is 5.11 Å². The van der Waals surface area contributed by atoms with Gasteiger partial charge in [0.05, 0.1) is 12.2 Å². The number of aliphatic hydroxyl groups excluding tert-OH is 1. The van der Waals surface area contributed by atoms with Gasteiger partial charge in [-0.1, -0.05) is 18.3 Å². The highest BCUT2D eigenvalue weighted by molar-refractivity contribution is 5.93. The van der Waals surface area contributed by atoms with E-state index >= 15 is 0 Å². The van der Waals surface area contributed by atoms with Gasteiger partial charge >= 0.3 is 0 Å². The summed E-state index contributed by atoms with van der Waals surface area (Å²) in [5, 5.41) is 8.64. The average molecular weight is 275 g/mol. The Labute approximate surface area is 118 Å². The molecule has 4 heteroatoms. The predicted molar refractivity (Wildman–Crippen MR) is 75.8 cm³/mol. The molecule has 0 aliphatic carbocycles. The fourth-order valence-electron chi connectivity index (χ4n) is 2.24. The van der Waals surface area contributed by atoms with Crippen LogP contribution in [0.3, 0.4) is 0 Å². The van der Waals surface area contributed by atoms with Gasteiger partial charge in [-0.15, -0.1) is 0 Å². The Balaban J connectivity index is 2.20. The molecule has 1 amide bonds. The van der Waals surface area contributed by atoms with Crippen molar-refractivity contribution in [3.63, 3.8) is 0 Å². The number of aliphatic hydroxyl groups is 1. The molecule has 1 aliphatic heterocycles. The highest BCUT2D eigenvalue weighted by Gasteiger charge is 2.18. The van der Waals surface area contributed by atoms with Crippen molar-refractivity contribution in [3.8, 4) is 11.8 Å². The van der Waals surface area contributed by atoms with Crippen LogP contribution in [-0.4, -0.2) is 24.2 Å². The Bertz CT molecular complexity index is 545. The van der Waals surface area contributed by atoms with Gasteiger partial charge in [0, 0.05) is 25.1 Å². The van der Waals surface area contributed by atoms with Gasteiger partial charge in [-0.25, -0.2) is 4.39 Å². The molecular formula is C16H18FNO2. The van der Waals surface area contributed by atoms with Crippen LogP contribution in [0.15, 0.2) is 18.2 Å². The number of hydrogen-bond acceptors (Lipinski definition) is 2. The smallest absolute Gasteiger partial charge is 0.226 e. The fourth-order valence-corrected chi connectivity index (χ4v) is 2.24. The van der Waals surface area contributed by atoms with Crippen LogP contribution >= 0.6 is 0 Å². The highest BCUT2D eigenvalue weighted by Crippen LogP contribution is 2.22. The van der Waals surface area contributed by atoms with Crippen molar-refractivity contribution in [1.82, 2.24) is 0 Å². The minimum absolute atomic E-state index is 0.0328. The van der Waals surface area contributed by atoms with Gasteiger partial charge in [0.15, 0.2) is 0 Å². The zero-order valence-corrected chi connectivity index (χ0v) is 11.4. The van der Waals surface area contributed by atoms with Crippen molar-refractivity contribution >= 4 is 11.6 Å². The molecule has 1 aliphatic rings. The number of carbonyl (C=O) groups excluding carboxylic acids is 1. The van der Waals surface area contributed by atoms with Crippen molar-refractivity contribution in [2.24, 2.45) is 0 Å². The van der Waals surface area contributed by atoms with Gasteiger partial charge in [0.2, 0.25) is 5.91 Å². The van der Waals surface area contributed by atoms with Crippen molar-refractivity contribution < 1.29 is 14.3 Å². The maximum absolute atomic E-state index is 14.0. The number of benzene rings is 1. The summed E-state index contributed by atoms with van der Waals surface area (Å²) >= 11 is 0. The first-order valence-electron chi connectivity index (χ1n) is 6.92. The summed E-state index contributed by atoms with van der Waals surface area (Å²) in [4.78, 5) is 13.6. The number of hydrogen-bond donors (Lipinski definition) is 1. The predicted octanol–water partition coefficient (Wildman–Crippen LogP) is 2.47. The zero-order chi connectivity index (χ0) is 14.4. The van der Waals surface area contributed by atoms with Gasteiger partial charge in [-0.2, -0.15) is 0 Å². The Kier molecular flexibility index (Phi) is 5.14. The minimum Gasteiger partial charge on any atom is -0.395 e. The number of nitrogens with zero attached hydrogens (tertiary/aromatic N) is 1. The van der Waals surface area contributed by atoms with E-state index in [0.29, 0.717) is 30.6 Å². The maximum atomic E-state index is 14.0. The van der Waals surface area contributed by atoms with Crippen molar-refractivity contribution in [3.05, 3.63) is 29.6 Å². The molecule has 0 atom stereocenters. The van der Waals surface area contributed by atoms with Crippen molar-refractivity contribution in [2.75, 3.05) is 18.1 Å². The lowest BCUT2D eigenvalue weighted by Gasteiger charge is -2.20. The first-order chi connectivity index (χ1) is 9.72. The van der Waals surface area contributed by atoms with Crippen molar-refractivity contribution in [1.29, 1.82) is 0 Å². The van der Waals surface area contributed by atoms with Crippen LogP contribution in [0.25, 0.3) is 0 Å². The minimum atomic E-state index is -0.426. The van der Waals surface area contributed by atoms with E-state index in [0.717, 1.165) is 19.3 Å². The molecule has 1 fully saturated rings. The molecule has 106 valence electrons. The summed E-state index contributed by atoms with van der Waals surface area (Å²) in [5.41, 5.74) is 0.895. The van der Waals surface area contributed by atoms with E-state index in [2.05, 4.69) is 11.8 Å². The van der Waals surface area contributed by atoms with Crippen LogP contribution in [0, 0.1) is 17.7 Å².